The molecule has 0 heterocycles. The molecule has 0 unspecified atom stereocenters. The zero-order valence-electron chi connectivity index (χ0n) is 11.2. The van der Waals surface area contributed by atoms with Crippen molar-refractivity contribution >= 4 is 11.7 Å². The van der Waals surface area contributed by atoms with Crippen molar-refractivity contribution in [2.24, 2.45) is 5.41 Å². The predicted molar refractivity (Wildman–Crippen MR) is 70.2 cm³/mol. The smallest absolute Gasteiger partial charge is 0.313 e. The lowest BCUT2D eigenvalue weighted by Gasteiger charge is -2.22. The van der Waals surface area contributed by atoms with E-state index in [4.69, 9.17) is 10.00 Å². The molecule has 0 radical (unpaired) electrons. The van der Waals surface area contributed by atoms with Gasteiger partial charge in [-0.25, -0.2) is 0 Å². The van der Waals surface area contributed by atoms with Gasteiger partial charge in [0.25, 0.3) is 0 Å². The fourth-order valence-corrected chi connectivity index (χ4v) is 1.57. The molecular weight excluding hydrogens is 228 g/mol. The van der Waals surface area contributed by atoms with Gasteiger partial charge in [-0.15, -0.1) is 0 Å². The van der Waals surface area contributed by atoms with Crippen LogP contribution in [-0.2, 0) is 9.53 Å². The van der Waals surface area contributed by atoms with Gasteiger partial charge in [0.05, 0.1) is 23.8 Å². The maximum Gasteiger partial charge on any atom is 0.313 e. The Kier molecular flexibility index (Phi) is 4.33. The van der Waals surface area contributed by atoms with Gasteiger partial charge in [0.1, 0.15) is 6.07 Å². The van der Waals surface area contributed by atoms with Crippen molar-refractivity contribution in [2.45, 2.75) is 20.8 Å². The minimum Gasteiger partial charge on any atom is -0.469 e. The first kappa shape index (κ1) is 14.0. The average molecular weight is 246 g/mol. The second kappa shape index (κ2) is 5.54. The molecule has 0 saturated heterocycles. The Morgan fingerprint density at radius 2 is 2.17 bits per heavy atom. The van der Waals surface area contributed by atoms with E-state index in [2.05, 4.69) is 11.4 Å². The van der Waals surface area contributed by atoms with Gasteiger partial charge in [0.2, 0.25) is 0 Å². The number of hydrogen-bond acceptors (Lipinski definition) is 4. The zero-order valence-corrected chi connectivity index (χ0v) is 11.2. The fourth-order valence-electron chi connectivity index (χ4n) is 1.57. The van der Waals surface area contributed by atoms with Gasteiger partial charge in [0.15, 0.2) is 0 Å². The Balaban J connectivity index is 2.81. The number of nitrogens with zero attached hydrogens (tertiary/aromatic N) is 1. The van der Waals surface area contributed by atoms with Crippen LogP contribution in [0.4, 0.5) is 5.69 Å². The minimum atomic E-state index is -0.633. The van der Waals surface area contributed by atoms with E-state index < -0.39 is 5.41 Å². The zero-order chi connectivity index (χ0) is 13.8. The van der Waals surface area contributed by atoms with Gasteiger partial charge in [-0.05, 0) is 38.5 Å². The molecule has 0 aliphatic carbocycles. The van der Waals surface area contributed by atoms with Crippen LogP contribution in [0, 0.1) is 23.7 Å². The number of ether oxygens (including phenoxy) is 1. The molecule has 1 N–H and O–H groups in total. The second-order valence-corrected chi connectivity index (χ2v) is 4.89. The highest BCUT2D eigenvalue weighted by Gasteiger charge is 2.28. The van der Waals surface area contributed by atoms with Crippen molar-refractivity contribution in [3.05, 3.63) is 29.3 Å². The van der Waals surface area contributed by atoms with E-state index in [0.717, 1.165) is 11.3 Å². The summed E-state index contributed by atoms with van der Waals surface area (Å²) in [7, 11) is 1.37. The molecule has 1 aromatic carbocycles. The molecule has 0 bridgehead atoms. The summed E-state index contributed by atoms with van der Waals surface area (Å²) < 4.78 is 4.74. The summed E-state index contributed by atoms with van der Waals surface area (Å²) in [4.78, 5) is 11.5. The first-order valence-electron chi connectivity index (χ1n) is 5.74. The molecule has 0 saturated carbocycles. The van der Waals surface area contributed by atoms with Crippen LogP contribution in [0.15, 0.2) is 18.2 Å². The van der Waals surface area contributed by atoms with Crippen molar-refractivity contribution < 1.29 is 9.53 Å². The Bertz CT molecular complexity index is 487. The van der Waals surface area contributed by atoms with Crippen molar-refractivity contribution in [3.8, 4) is 6.07 Å². The molecule has 0 aliphatic heterocycles. The van der Waals surface area contributed by atoms with E-state index in [9.17, 15) is 4.79 Å². The van der Waals surface area contributed by atoms with Crippen LogP contribution < -0.4 is 5.32 Å². The van der Waals surface area contributed by atoms with E-state index in [1.54, 1.807) is 13.8 Å². The third-order valence-corrected chi connectivity index (χ3v) is 2.75. The van der Waals surface area contributed by atoms with E-state index in [0.29, 0.717) is 12.1 Å². The fraction of sp³-hybridized carbons (Fsp3) is 0.429. The average Bonchev–Trinajstić information content (AvgIpc) is 2.36. The standard InChI is InChI=1S/C14H18N2O2/c1-10-5-6-12(11(7-10)8-15)16-9-14(2,3)13(17)18-4/h5-7,16H,9H2,1-4H3. The van der Waals surface area contributed by atoms with Crippen LogP contribution in [0.5, 0.6) is 0 Å². The van der Waals surface area contributed by atoms with Gasteiger partial charge in [-0.3, -0.25) is 4.79 Å². The highest BCUT2D eigenvalue weighted by atomic mass is 16.5. The number of rotatable bonds is 4. The Labute approximate surface area is 108 Å². The lowest BCUT2D eigenvalue weighted by molar-refractivity contribution is -0.149. The third kappa shape index (κ3) is 3.24. The SMILES string of the molecule is COC(=O)C(C)(C)CNc1ccc(C)cc1C#N. The van der Waals surface area contributed by atoms with Gasteiger partial charge < -0.3 is 10.1 Å². The van der Waals surface area contributed by atoms with Gasteiger partial charge in [0, 0.05) is 6.54 Å². The molecule has 1 aromatic rings. The van der Waals surface area contributed by atoms with Gasteiger partial charge in [-0.1, -0.05) is 6.07 Å². The Hall–Kier alpha value is -2.02. The molecule has 0 amide bonds. The molecule has 0 spiro atoms. The first-order valence-corrected chi connectivity index (χ1v) is 5.74. The summed E-state index contributed by atoms with van der Waals surface area (Å²) >= 11 is 0. The number of benzene rings is 1. The van der Waals surface area contributed by atoms with Crippen LogP contribution in [-0.4, -0.2) is 19.6 Å². The topological polar surface area (TPSA) is 62.1 Å². The Morgan fingerprint density at radius 3 is 2.72 bits per heavy atom. The molecule has 0 aromatic heterocycles. The maximum absolute atomic E-state index is 11.5. The van der Waals surface area contributed by atoms with Gasteiger partial charge >= 0.3 is 5.97 Å². The predicted octanol–water partition coefficient (Wildman–Crippen LogP) is 2.48. The van der Waals surface area contributed by atoms with Crippen LogP contribution in [0.2, 0.25) is 0 Å². The van der Waals surface area contributed by atoms with E-state index in [1.807, 2.05) is 25.1 Å². The van der Waals surface area contributed by atoms with Crippen molar-refractivity contribution in [2.75, 3.05) is 19.0 Å². The highest BCUT2D eigenvalue weighted by molar-refractivity contribution is 5.76. The summed E-state index contributed by atoms with van der Waals surface area (Å²) in [5, 5.41) is 12.2. The van der Waals surface area contributed by atoms with Crippen LogP contribution in [0.3, 0.4) is 0 Å². The maximum atomic E-state index is 11.5. The second-order valence-electron chi connectivity index (χ2n) is 4.89. The highest BCUT2D eigenvalue weighted by Crippen LogP contribution is 2.21. The largest absolute Gasteiger partial charge is 0.469 e. The number of nitrogens with one attached hydrogen (secondary N) is 1. The summed E-state index contributed by atoms with van der Waals surface area (Å²) in [6.07, 6.45) is 0. The molecule has 0 aliphatic rings. The molecule has 18 heavy (non-hydrogen) atoms. The third-order valence-electron chi connectivity index (χ3n) is 2.75. The normalized spacial score (nSPS) is 10.6. The van der Waals surface area contributed by atoms with E-state index >= 15 is 0 Å². The van der Waals surface area contributed by atoms with Crippen LogP contribution in [0.1, 0.15) is 25.0 Å². The van der Waals surface area contributed by atoms with Crippen LogP contribution in [0.25, 0.3) is 0 Å². The number of esters is 1. The number of hydrogen-bond donors (Lipinski definition) is 1. The van der Waals surface area contributed by atoms with Crippen molar-refractivity contribution in [1.82, 2.24) is 0 Å². The van der Waals surface area contributed by atoms with Gasteiger partial charge in [-0.2, -0.15) is 5.26 Å². The molecule has 4 heteroatoms. The molecular formula is C14H18N2O2. The summed E-state index contributed by atoms with van der Waals surface area (Å²) in [5.41, 5.74) is 1.71. The molecule has 0 fully saturated rings. The number of carbonyl (C=O) groups excluding carboxylic acids is 1. The van der Waals surface area contributed by atoms with E-state index in [1.165, 1.54) is 7.11 Å². The Morgan fingerprint density at radius 1 is 1.50 bits per heavy atom. The number of aryl methyl sites for hydroxylation is 1. The monoisotopic (exact) mass is 246 g/mol. The summed E-state index contributed by atoms with van der Waals surface area (Å²) in [6.45, 7) is 5.94. The van der Waals surface area contributed by atoms with Crippen molar-refractivity contribution in [3.63, 3.8) is 0 Å². The summed E-state index contributed by atoms with van der Waals surface area (Å²) in [5.74, 6) is -0.277. The molecule has 96 valence electrons. The number of carbonyl (C=O) groups is 1. The molecule has 1 rings (SSSR count). The molecule has 0 atom stereocenters. The summed E-state index contributed by atoms with van der Waals surface area (Å²) in [6, 6.07) is 7.72. The number of anilines is 1. The number of nitriles is 1. The quantitative estimate of drug-likeness (QED) is 0.829. The lowest BCUT2D eigenvalue weighted by atomic mass is 9.93. The van der Waals surface area contributed by atoms with Crippen LogP contribution >= 0.6 is 0 Å². The number of methoxy groups -OCH3 is 1. The molecule has 4 nitrogen and oxygen atoms in total. The van der Waals surface area contributed by atoms with E-state index in [-0.39, 0.29) is 5.97 Å². The first-order chi connectivity index (χ1) is 8.40. The lowest BCUT2D eigenvalue weighted by Crippen LogP contribution is -2.33. The van der Waals surface area contributed by atoms with Crippen molar-refractivity contribution in [1.29, 1.82) is 5.26 Å². The minimum absolute atomic E-state index is 0.277.